The number of nitrogens with zero attached hydrogens (tertiary/aromatic N) is 3. The van der Waals surface area contributed by atoms with Gasteiger partial charge in [-0.05, 0) is 73.0 Å². The topological polar surface area (TPSA) is 113 Å². The van der Waals surface area contributed by atoms with Crippen molar-refractivity contribution in [2.75, 3.05) is 13.1 Å². The number of nitro benzene ring substituents is 1. The predicted molar refractivity (Wildman–Crippen MR) is 154 cm³/mol. The van der Waals surface area contributed by atoms with Crippen LogP contribution < -0.4 is 4.74 Å². The predicted octanol–water partition coefficient (Wildman–Crippen LogP) is 5.58. The number of nitro groups is 1. The number of carboxylic acid groups (broad SMARTS) is 1. The van der Waals surface area contributed by atoms with Crippen LogP contribution in [0.25, 0.3) is 11.1 Å². The van der Waals surface area contributed by atoms with Crippen molar-refractivity contribution in [3.05, 3.63) is 93.5 Å². The Balaban J connectivity index is 1.31. The molecule has 2 aliphatic heterocycles. The molecule has 3 aromatic carbocycles. The molecule has 9 heteroatoms. The summed E-state index contributed by atoms with van der Waals surface area (Å²) in [6.45, 7) is 3.70. The van der Waals surface area contributed by atoms with Gasteiger partial charge in [-0.3, -0.25) is 19.8 Å². The molecule has 0 aromatic heterocycles. The number of likely N-dealkylation sites (tertiary alicyclic amines) is 2. The van der Waals surface area contributed by atoms with Gasteiger partial charge in [-0.15, -0.1) is 0 Å². The molecule has 1 N–H and O–H groups in total. The number of carbonyl (C=O) groups is 2. The quantitative estimate of drug-likeness (QED) is 0.270. The standard InChI is InChI=1S/C32H35N3O6/c1-22-25(11-7-12-26(22)24-9-3-2-4-10-24)21-41-30-16-15-23(19-29(30)35(39)40)20-33-17-6-5-13-27(33)31(36)34-18-8-14-28(34)32(37)38/h2-4,7,9-12,15-16,19,27-28H,5-6,8,13-14,17-18,20-21H2,1H3,(H,37,38)/t27-,28-/m0/s1. The van der Waals surface area contributed by atoms with Crippen molar-refractivity contribution in [2.24, 2.45) is 0 Å². The summed E-state index contributed by atoms with van der Waals surface area (Å²) < 4.78 is 5.99. The Morgan fingerprint density at radius 3 is 2.51 bits per heavy atom. The maximum Gasteiger partial charge on any atom is 0.326 e. The lowest BCUT2D eigenvalue weighted by molar-refractivity contribution is -0.386. The third-order valence-corrected chi connectivity index (χ3v) is 8.24. The lowest BCUT2D eigenvalue weighted by Gasteiger charge is -2.37. The fourth-order valence-corrected chi connectivity index (χ4v) is 6.02. The van der Waals surface area contributed by atoms with Crippen LogP contribution in [0.15, 0.2) is 66.7 Å². The van der Waals surface area contributed by atoms with E-state index in [0.717, 1.165) is 35.1 Å². The maximum absolute atomic E-state index is 13.4. The number of piperidine rings is 1. The highest BCUT2D eigenvalue weighted by Crippen LogP contribution is 2.32. The Morgan fingerprint density at radius 2 is 1.76 bits per heavy atom. The molecule has 2 heterocycles. The van der Waals surface area contributed by atoms with Crippen molar-refractivity contribution in [3.8, 4) is 16.9 Å². The van der Waals surface area contributed by atoms with Gasteiger partial charge >= 0.3 is 11.7 Å². The minimum atomic E-state index is -0.966. The van der Waals surface area contributed by atoms with Crippen LogP contribution in [0.1, 0.15) is 48.8 Å². The number of hydrogen-bond donors (Lipinski definition) is 1. The SMILES string of the molecule is Cc1c(COc2ccc(CN3CCCC[C@H]3C(=O)N3CCC[C@H]3C(=O)O)cc2[N+](=O)[O-])cccc1-c1ccccc1. The van der Waals surface area contributed by atoms with Crippen molar-refractivity contribution < 1.29 is 24.4 Å². The zero-order valence-corrected chi connectivity index (χ0v) is 23.2. The normalized spacial score (nSPS) is 19.2. The molecule has 41 heavy (non-hydrogen) atoms. The second-order valence-corrected chi connectivity index (χ2v) is 10.8. The van der Waals surface area contributed by atoms with Crippen LogP contribution in [-0.2, 0) is 22.7 Å². The smallest absolute Gasteiger partial charge is 0.326 e. The third-order valence-electron chi connectivity index (χ3n) is 8.24. The van der Waals surface area contributed by atoms with E-state index in [2.05, 4.69) is 6.07 Å². The molecular weight excluding hydrogens is 522 g/mol. The summed E-state index contributed by atoms with van der Waals surface area (Å²) >= 11 is 0. The minimum absolute atomic E-state index is 0.121. The number of amides is 1. The monoisotopic (exact) mass is 557 g/mol. The van der Waals surface area contributed by atoms with E-state index in [-0.39, 0.29) is 24.0 Å². The Morgan fingerprint density at radius 1 is 0.976 bits per heavy atom. The molecule has 0 unspecified atom stereocenters. The van der Waals surface area contributed by atoms with Crippen LogP contribution in [-0.4, -0.2) is 56.9 Å². The van der Waals surface area contributed by atoms with E-state index >= 15 is 0 Å². The molecule has 2 fully saturated rings. The first kappa shape index (κ1) is 28.3. The average molecular weight is 558 g/mol. The van der Waals surface area contributed by atoms with Crippen molar-refractivity contribution in [1.82, 2.24) is 9.80 Å². The van der Waals surface area contributed by atoms with Gasteiger partial charge in [0.15, 0.2) is 5.75 Å². The number of ether oxygens (including phenoxy) is 1. The second-order valence-electron chi connectivity index (χ2n) is 10.8. The van der Waals surface area contributed by atoms with Crippen molar-refractivity contribution in [3.63, 3.8) is 0 Å². The number of hydrogen-bond acceptors (Lipinski definition) is 6. The van der Waals surface area contributed by atoms with E-state index in [0.29, 0.717) is 44.5 Å². The lowest BCUT2D eigenvalue weighted by Crippen LogP contribution is -2.53. The second kappa shape index (κ2) is 12.5. The van der Waals surface area contributed by atoms with Crippen molar-refractivity contribution in [2.45, 2.75) is 64.3 Å². The van der Waals surface area contributed by atoms with E-state index < -0.39 is 23.0 Å². The molecule has 0 radical (unpaired) electrons. The molecular formula is C32H35N3O6. The van der Waals surface area contributed by atoms with Crippen molar-refractivity contribution >= 4 is 17.6 Å². The first-order chi connectivity index (χ1) is 19.8. The van der Waals surface area contributed by atoms with Crippen LogP contribution in [0, 0.1) is 17.0 Å². The first-order valence-electron chi connectivity index (χ1n) is 14.1. The van der Waals surface area contributed by atoms with Crippen LogP contribution in [0.4, 0.5) is 5.69 Å². The van der Waals surface area contributed by atoms with Crippen LogP contribution >= 0.6 is 0 Å². The zero-order valence-electron chi connectivity index (χ0n) is 23.2. The Labute approximate surface area is 239 Å². The highest BCUT2D eigenvalue weighted by molar-refractivity contribution is 5.87. The van der Waals surface area contributed by atoms with Crippen LogP contribution in [0.5, 0.6) is 5.75 Å². The number of carboxylic acids is 1. The van der Waals surface area contributed by atoms with Gasteiger partial charge in [-0.25, -0.2) is 4.79 Å². The van der Waals surface area contributed by atoms with E-state index in [1.165, 1.54) is 11.0 Å². The van der Waals surface area contributed by atoms with Gasteiger partial charge in [0.25, 0.3) is 0 Å². The van der Waals surface area contributed by atoms with Gasteiger partial charge in [-0.2, -0.15) is 0 Å². The summed E-state index contributed by atoms with van der Waals surface area (Å²) in [6, 6.07) is 19.8. The number of aliphatic carboxylic acids is 1. The molecule has 2 aliphatic rings. The van der Waals surface area contributed by atoms with Gasteiger partial charge in [0.1, 0.15) is 12.6 Å². The molecule has 9 nitrogen and oxygen atoms in total. The fraction of sp³-hybridized carbons (Fsp3) is 0.375. The Hall–Kier alpha value is -4.24. The molecule has 214 valence electrons. The Kier molecular flexibility index (Phi) is 8.64. The summed E-state index contributed by atoms with van der Waals surface area (Å²) in [7, 11) is 0. The molecule has 0 spiro atoms. The summed E-state index contributed by atoms with van der Waals surface area (Å²) in [5.41, 5.74) is 4.78. The fourth-order valence-electron chi connectivity index (χ4n) is 6.02. The molecule has 1 amide bonds. The van der Waals surface area contributed by atoms with Gasteiger partial charge < -0.3 is 14.7 Å². The summed E-state index contributed by atoms with van der Waals surface area (Å²) in [5.74, 6) is -0.931. The number of benzene rings is 3. The average Bonchev–Trinajstić information content (AvgIpc) is 3.48. The van der Waals surface area contributed by atoms with E-state index in [9.17, 15) is 24.8 Å². The summed E-state index contributed by atoms with van der Waals surface area (Å²) in [5, 5.41) is 21.6. The van der Waals surface area contributed by atoms with Crippen LogP contribution in [0.3, 0.4) is 0 Å². The molecule has 3 aromatic rings. The van der Waals surface area contributed by atoms with Gasteiger partial charge in [0.05, 0.1) is 11.0 Å². The van der Waals surface area contributed by atoms with Gasteiger partial charge in [0.2, 0.25) is 5.91 Å². The van der Waals surface area contributed by atoms with E-state index in [4.69, 9.17) is 4.74 Å². The number of rotatable bonds is 9. The zero-order chi connectivity index (χ0) is 28.9. The van der Waals surface area contributed by atoms with Gasteiger partial charge in [-0.1, -0.05) is 61.0 Å². The minimum Gasteiger partial charge on any atom is -0.482 e. The number of carbonyl (C=O) groups excluding carboxylic acids is 1. The third kappa shape index (κ3) is 6.25. The highest BCUT2D eigenvalue weighted by atomic mass is 16.6. The highest BCUT2D eigenvalue weighted by Gasteiger charge is 2.39. The Bertz CT molecular complexity index is 1430. The molecule has 2 atom stereocenters. The molecule has 0 aliphatic carbocycles. The van der Waals surface area contributed by atoms with Gasteiger partial charge in [0, 0.05) is 19.2 Å². The summed E-state index contributed by atoms with van der Waals surface area (Å²) in [4.78, 5) is 40.2. The summed E-state index contributed by atoms with van der Waals surface area (Å²) in [6.07, 6.45) is 3.59. The lowest BCUT2D eigenvalue weighted by atomic mass is 9.97. The van der Waals surface area contributed by atoms with E-state index in [1.807, 2.05) is 60.4 Å². The molecule has 2 saturated heterocycles. The van der Waals surface area contributed by atoms with Crippen molar-refractivity contribution in [1.29, 1.82) is 0 Å². The molecule has 0 saturated carbocycles. The maximum atomic E-state index is 13.4. The molecule has 5 rings (SSSR count). The molecule has 0 bridgehead atoms. The van der Waals surface area contributed by atoms with Crippen LogP contribution in [0.2, 0.25) is 0 Å². The van der Waals surface area contributed by atoms with E-state index in [1.54, 1.807) is 6.07 Å². The largest absolute Gasteiger partial charge is 0.482 e. The first-order valence-corrected chi connectivity index (χ1v) is 14.1.